The summed E-state index contributed by atoms with van der Waals surface area (Å²) in [6.07, 6.45) is 0.773. The average molecular weight is 362 g/mol. The minimum atomic E-state index is -1.07. The van der Waals surface area contributed by atoms with Crippen LogP contribution < -0.4 is 10.2 Å². The number of carboxylic acids is 1. The zero-order chi connectivity index (χ0) is 19.9. The van der Waals surface area contributed by atoms with Crippen LogP contribution in [0.3, 0.4) is 0 Å². The van der Waals surface area contributed by atoms with E-state index in [1.807, 2.05) is 33.8 Å². The third kappa shape index (κ3) is 6.50. The van der Waals surface area contributed by atoms with Gasteiger partial charge in [0.2, 0.25) is 11.8 Å². The Kier molecular flexibility index (Phi) is 8.29. The Labute approximate surface area is 155 Å². The molecular formula is C20H30N2O4. The number of carboxylic acid groups (broad SMARTS) is 1. The van der Waals surface area contributed by atoms with Crippen LogP contribution in [0.5, 0.6) is 0 Å². The third-order valence-electron chi connectivity index (χ3n) is 4.00. The summed E-state index contributed by atoms with van der Waals surface area (Å²) in [6.45, 7) is 9.15. The number of amides is 2. The van der Waals surface area contributed by atoms with Crippen molar-refractivity contribution in [2.24, 2.45) is 11.8 Å². The molecule has 1 aromatic carbocycles. The lowest BCUT2D eigenvalue weighted by molar-refractivity contribution is -0.142. The van der Waals surface area contributed by atoms with Gasteiger partial charge < -0.3 is 15.3 Å². The van der Waals surface area contributed by atoms with Gasteiger partial charge in [-0.2, -0.15) is 0 Å². The van der Waals surface area contributed by atoms with Crippen LogP contribution in [0.2, 0.25) is 0 Å². The lowest BCUT2D eigenvalue weighted by atomic mass is 9.99. The second-order valence-corrected chi connectivity index (χ2v) is 7.40. The fraction of sp³-hybridized carbons (Fsp3) is 0.550. The summed E-state index contributed by atoms with van der Waals surface area (Å²) >= 11 is 0. The van der Waals surface area contributed by atoms with Crippen molar-refractivity contribution in [3.63, 3.8) is 0 Å². The second-order valence-electron chi connectivity index (χ2n) is 7.40. The van der Waals surface area contributed by atoms with Gasteiger partial charge in [0.1, 0.15) is 12.1 Å². The number of rotatable bonds is 9. The normalized spacial score (nSPS) is 13.3. The molecule has 2 atom stereocenters. The van der Waals surface area contributed by atoms with E-state index >= 15 is 0 Å². The number of benzene rings is 1. The largest absolute Gasteiger partial charge is 0.480 e. The molecule has 6 nitrogen and oxygen atoms in total. The zero-order valence-corrected chi connectivity index (χ0v) is 16.2. The monoisotopic (exact) mass is 362 g/mol. The van der Waals surface area contributed by atoms with Gasteiger partial charge in [0.15, 0.2) is 0 Å². The lowest BCUT2D eigenvalue weighted by Gasteiger charge is -2.32. The van der Waals surface area contributed by atoms with E-state index in [0.29, 0.717) is 18.5 Å². The molecule has 2 N–H and O–H groups in total. The minimum Gasteiger partial charge on any atom is -0.480 e. The number of para-hydroxylation sites is 1. The zero-order valence-electron chi connectivity index (χ0n) is 16.2. The maximum atomic E-state index is 12.9. The molecule has 2 amide bonds. The van der Waals surface area contributed by atoms with Crippen molar-refractivity contribution in [1.82, 2.24) is 5.32 Å². The van der Waals surface area contributed by atoms with Gasteiger partial charge >= 0.3 is 5.97 Å². The highest BCUT2D eigenvalue weighted by Gasteiger charge is 2.32. The molecule has 0 spiro atoms. The highest BCUT2D eigenvalue weighted by atomic mass is 16.4. The highest BCUT2D eigenvalue weighted by Crippen LogP contribution is 2.22. The number of carbonyl (C=O) groups is 3. The first-order valence-electron chi connectivity index (χ1n) is 9.01. The number of aliphatic carboxylic acids is 1. The molecule has 0 saturated heterocycles. The van der Waals surface area contributed by atoms with Gasteiger partial charge in [-0.15, -0.1) is 0 Å². The van der Waals surface area contributed by atoms with Gasteiger partial charge in [0.05, 0.1) is 0 Å². The van der Waals surface area contributed by atoms with E-state index in [1.54, 1.807) is 24.3 Å². The predicted octanol–water partition coefficient (Wildman–Crippen LogP) is 3.07. The predicted molar refractivity (Wildman–Crippen MR) is 102 cm³/mol. The summed E-state index contributed by atoms with van der Waals surface area (Å²) in [5, 5.41) is 12.0. The molecule has 144 valence electrons. The number of nitrogens with zero attached hydrogens (tertiary/aromatic N) is 1. The van der Waals surface area contributed by atoms with Crippen molar-refractivity contribution >= 4 is 23.5 Å². The number of hydrogen-bond acceptors (Lipinski definition) is 3. The van der Waals surface area contributed by atoms with Crippen molar-refractivity contribution in [2.75, 3.05) is 4.90 Å². The van der Waals surface area contributed by atoms with Crippen molar-refractivity contribution in [3.05, 3.63) is 30.3 Å². The van der Waals surface area contributed by atoms with Crippen LogP contribution in [0, 0.1) is 11.8 Å². The quantitative estimate of drug-likeness (QED) is 0.707. The van der Waals surface area contributed by atoms with Gasteiger partial charge in [0, 0.05) is 12.6 Å². The number of carbonyl (C=O) groups excluding carboxylic acids is 2. The Balaban J connectivity index is 3.15. The van der Waals surface area contributed by atoms with E-state index in [4.69, 9.17) is 0 Å². The van der Waals surface area contributed by atoms with Crippen LogP contribution in [0.1, 0.15) is 47.5 Å². The topological polar surface area (TPSA) is 86.7 Å². The Morgan fingerprint density at radius 2 is 1.54 bits per heavy atom. The molecule has 1 aromatic rings. The van der Waals surface area contributed by atoms with Gasteiger partial charge in [-0.3, -0.25) is 9.59 Å². The molecule has 26 heavy (non-hydrogen) atoms. The fourth-order valence-corrected chi connectivity index (χ4v) is 2.91. The summed E-state index contributed by atoms with van der Waals surface area (Å²) in [4.78, 5) is 38.2. The first-order valence-corrected chi connectivity index (χ1v) is 9.01. The van der Waals surface area contributed by atoms with E-state index < -0.39 is 24.0 Å². The molecule has 0 saturated carbocycles. The average Bonchev–Trinajstić information content (AvgIpc) is 2.53. The van der Waals surface area contributed by atoms with Gasteiger partial charge in [0.25, 0.3) is 0 Å². The van der Waals surface area contributed by atoms with E-state index in [-0.39, 0.29) is 17.7 Å². The molecule has 0 fully saturated rings. The molecule has 0 aliphatic heterocycles. The second kappa shape index (κ2) is 9.94. The summed E-state index contributed by atoms with van der Waals surface area (Å²) in [6, 6.07) is 7.24. The van der Waals surface area contributed by atoms with E-state index in [0.717, 1.165) is 0 Å². The van der Waals surface area contributed by atoms with Crippen molar-refractivity contribution in [2.45, 2.75) is 59.5 Å². The van der Waals surface area contributed by atoms with E-state index in [1.165, 1.54) is 11.8 Å². The molecule has 0 aliphatic rings. The Morgan fingerprint density at radius 3 is 1.96 bits per heavy atom. The first kappa shape index (κ1) is 21.7. The molecular weight excluding hydrogens is 332 g/mol. The van der Waals surface area contributed by atoms with Crippen LogP contribution >= 0.6 is 0 Å². The minimum absolute atomic E-state index is 0.123. The van der Waals surface area contributed by atoms with Crippen molar-refractivity contribution in [1.29, 1.82) is 0 Å². The van der Waals surface area contributed by atoms with Crippen LogP contribution in [0.15, 0.2) is 30.3 Å². The summed E-state index contributed by atoms with van der Waals surface area (Å²) in [7, 11) is 0. The molecule has 0 unspecified atom stereocenters. The molecule has 1 rings (SSSR count). The van der Waals surface area contributed by atoms with E-state index in [2.05, 4.69) is 5.32 Å². The van der Waals surface area contributed by atoms with Crippen LogP contribution in [-0.4, -0.2) is 35.0 Å². The molecule has 0 heterocycles. The van der Waals surface area contributed by atoms with Crippen molar-refractivity contribution in [3.8, 4) is 0 Å². The smallest absolute Gasteiger partial charge is 0.326 e. The van der Waals surface area contributed by atoms with Gasteiger partial charge in [-0.25, -0.2) is 4.79 Å². The molecule has 6 heteroatoms. The maximum Gasteiger partial charge on any atom is 0.326 e. The lowest BCUT2D eigenvalue weighted by Crippen LogP contribution is -2.54. The first-order chi connectivity index (χ1) is 12.1. The van der Waals surface area contributed by atoms with Crippen molar-refractivity contribution < 1.29 is 19.5 Å². The van der Waals surface area contributed by atoms with Gasteiger partial charge in [-0.1, -0.05) is 45.9 Å². The molecule has 0 aliphatic carbocycles. The standard InChI is InChI=1S/C20H30N2O4/c1-13(2)11-17(20(25)26)21-19(24)18(12-14(3)4)22(15(5)23)16-9-7-6-8-10-16/h6-10,13-14,17-18H,11-12H2,1-5H3,(H,21,24)(H,25,26)/t17-,18-/m0/s1. The molecule has 0 aromatic heterocycles. The van der Waals surface area contributed by atoms with Crippen LogP contribution in [0.4, 0.5) is 5.69 Å². The number of nitrogens with one attached hydrogen (secondary N) is 1. The molecule has 0 bridgehead atoms. The third-order valence-corrected chi connectivity index (χ3v) is 4.00. The Hall–Kier alpha value is -2.37. The van der Waals surface area contributed by atoms with E-state index in [9.17, 15) is 19.5 Å². The van der Waals surface area contributed by atoms with Crippen LogP contribution in [-0.2, 0) is 14.4 Å². The Morgan fingerprint density at radius 1 is 1.00 bits per heavy atom. The number of anilines is 1. The summed E-state index contributed by atoms with van der Waals surface area (Å²) < 4.78 is 0. The Bertz CT molecular complexity index is 613. The highest BCUT2D eigenvalue weighted by molar-refractivity contribution is 6.00. The van der Waals surface area contributed by atoms with Gasteiger partial charge in [-0.05, 0) is 36.8 Å². The summed E-state index contributed by atoms with van der Waals surface area (Å²) in [5.41, 5.74) is 0.622. The van der Waals surface area contributed by atoms with Crippen LogP contribution in [0.25, 0.3) is 0 Å². The number of hydrogen-bond donors (Lipinski definition) is 2. The fourth-order valence-electron chi connectivity index (χ4n) is 2.91. The SMILES string of the molecule is CC(=O)N(c1ccccc1)[C@@H](CC(C)C)C(=O)N[C@@H](CC(C)C)C(=O)O. The summed E-state index contributed by atoms with van der Waals surface area (Å²) in [5.74, 6) is -1.48. The maximum absolute atomic E-state index is 12.9. The molecule has 0 radical (unpaired) electrons.